The van der Waals surface area contributed by atoms with Crippen molar-refractivity contribution in [2.24, 2.45) is 0 Å². The van der Waals surface area contributed by atoms with Gasteiger partial charge in [-0.15, -0.1) is 11.3 Å². The average molecular weight is 454 g/mol. The van der Waals surface area contributed by atoms with Crippen LogP contribution in [0.15, 0.2) is 53.9 Å². The number of ether oxygens (including phenoxy) is 2. The van der Waals surface area contributed by atoms with E-state index in [1.54, 1.807) is 30.5 Å². The molecule has 2 aromatic carbocycles. The van der Waals surface area contributed by atoms with Crippen LogP contribution in [0.2, 0.25) is 0 Å². The highest BCUT2D eigenvalue weighted by atomic mass is 32.1. The van der Waals surface area contributed by atoms with E-state index in [2.05, 4.69) is 5.32 Å². The molecule has 0 saturated heterocycles. The number of anilines is 1. The van der Waals surface area contributed by atoms with E-state index in [1.165, 1.54) is 37.4 Å². The van der Waals surface area contributed by atoms with Gasteiger partial charge in [-0.2, -0.15) is 0 Å². The Labute approximate surface area is 186 Å². The van der Waals surface area contributed by atoms with E-state index in [4.69, 9.17) is 9.47 Å². The van der Waals surface area contributed by atoms with Crippen LogP contribution in [0.5, 0.6) is 0 Å². The standard InChI is InChI=1S/C22H18N2O7S/c1-3-31-22(27)18-17(13-7-6-8-14(11-13)24(28)29)12-32-20(18)23-19(25)15-9-4-5-10-16(15)21(26)30-2/h4-12H,3H2,1-2H3,(H,23,25). The third-order valence-electron chi connectivity index (χ3n) is 4.44. The number of nitrogens with zero attached hydrogens (tertiary/aromatic N) is 1. The van der Waals surface area contributed by atoms with Crippen molar-refractivity contribution in [3.63, 3.8) is 0 Å². The molecule has 0 bridgehead atoms. The number of hydrogen-bond donors (Lipinski definition) is 1. The number of hydrogen-bond acceptors (Lipinski definition) is 8. The van der Waals surface area contributed by atoms with Gasteiger partial charge in [-0.3, -0.25) is 14.9 Å². The third kappa shape index (κ3) is 4.65. The number of esters is 2. The zero-order valence-corrected chi connectivity index (χ0v) is 17.9. The van der Waals surface area contributed by atoms with Crippen molar-refractivity contribution in [2.45, 2.75) is 6.92 Å². The molecule has 9 nitrogen and oxygen atoms in total. The van der Waals surface area contributed by atoms with Gasteiger partial charge in [0.2, 0.25) is 0 Å². The van der Waals surface area contributed by atoms with E-state index in [9.17, 15) is 24.5 Å². The summed E-state index contributed by atoms with van der Waals surface area (Å²) < 4.78 is 9.86. The number of benzene rings is 2. The Morgan fingerprint density at radius 3 is 2.44 bits per heavy atom. The minimum atomic E-state index is -0.688. The molecule has 3 aromatic rings. The van der Waals surface area contributed by atoms with Gasteiger partial charge >= 0.3 is 11.9 Å². The lowest BCUT2D eigenvalue weighted by atomic mass is 10.0. The van der Waals surface area contributed by atoms with Crippen LogP contribution in [0.3, 0.4) is 0 Å². The Balaban J connectivity index is 2.04. The maximum atomic E-state index is 12.9. The molecule has 3 rings (SSSR count). The first kappa shape index (κ1) is 22.6. The summed E-state index contributed by atoms with van der Waals surface area (Å²) in [6.45, 7) is 1.74. The number of nitro groups is 1. The first-order valence-corrected chi connectivity index (χ1v) is 10.3. The van der Waals surface area contributed by atoms with Gasteiger partial charge in [0.05, 0.1) is 29.8 Å². The number of rotatable bonds is 7. The second-order valence-electron chi connectivity index (χ2n) is 6.37. The van der Waals surface area contributed by atoms with Crippen LogP contribution in [-0.4, -0.2) is 36.5 Å². The third-order valence-corrected chi connectivity index (χ3v) is 5.34. The molecule has 1 N–H and O–H groups in total. The molecule has 10 heteroatoms. The van der Waals surface area contributed by atoms with Crippen molar-refractivity contribution in [3.05, 3.63) is 80.7 Å². The molecule has 1 aromatic heterocycles. The van der Waals surface area contributed by atoms with Crippen molar-refractivity contribution >= 4 is 39.9 Å². The summed E-state index contributed by atoms with van der Waals surface area (Å²) in [5, 5.41) is 15.6. The molecule has 0 aliphatic rings. The van der Waals surface area contributed by atoms with E-state index in [1.807, 2.05) is 0 Å². The summed E-state index contributed by atoms with van der Waals surface area (Å²) in [5.41, 5.74) is 0.880. The quantitative estimate of drug-likeness (QED) is 0.316. The minimum absolute atomic E-state index is 0.0689. The monoisotopic (exact) mass is 454 g/mol. The highest BCUT2D eigenvalue weighted by Crippen LogP contribution is 2.37. The largest absolute Gasteiger partial charge is 0.465 e. The molecule has 1 heterocycles. The number of non-ortho nitro benzene ring substituents is 1. The Hall–Kier alpha value is -4.05. The van der Waals surface area contributed by atoms with Crippen LogP contribution < -0.4 is 5.32 Å². The zero-order valence-electron chi connectivity index (χ0n) is 17.1. The lowest BCUT2D eigenvalue weighted by Crippen LogP contribution is -2.18. The van der Waals surface area contributed by atoms with E-state index < -0.39 is 22.8 Å². The molecule has 0 atom stereocenters. The number of carbonyl (C=O) groups excluding carboxylic acids is 3. The number of methoxy groups -OCH3 is 1. The fourth-order valence-corrected chi connectivity index (χ4v) is 3.95. The number of carbonyl (C=O) groups is 3. The molecule has 32 heavy (non-hydrogen) atoms. The zero-order chi connectivity index (χ0) is 23.3. The fraction of sp³-hybridized carbons (Fsp3) is 0.136. The predicted octanol–water partition coefficient (Wildman–Crippen LogP) is 4.54. The second-order valence-corrected chi connectivity index (χ2v) is 7.25. The summed E-state index contributed by atoms with van der Waals surface area (Å²) in [4.78, 5) is 48.2. The lowest BCUT2D eigenvalue weighted by Gasteiger charge is -2.10. The lowest BCUT2D eigenvalue weighted by molar-refractivity contribution is -0.384. The first-order chi connectivity index (χ1) is 15.4. The molecule has 0 unspecified atom stereocenters. The molecule has 0 spiro atoms. The SMILES string of the molecule is CCOC(=O)c1c(-c2cccc([N+](=O)[O-])c2)csc1NC(=O)c1ccccc1C(=O)OC. The number of nitro benzene ring substituents is 1. The van der Waals surface area contributed by atoms with E-state index in [-0.39, 0.29) is 34.0 Å². The van der Waals surface area contributed by atoms with Gasteiger partial charge in [0.25, 0.3) is 11.6 Å². The van der Waals surface area contributed by atoms with Crippen molar-refractivity contribution in [2.75, 3.05) is 19.0 Å². The summed E-state index contributed by atoms with van der Waals surface area (Å²) in [5.74, 6) is -1.99. The maximum absolute atomic E-state index is 12.9. The highest BCUT2D eigenvalue weighted by molar-refractivity contribution is 7.15. The average Bonchev–Trinajstić information content (AvgIpc) is 3.22. The van der Waals surface area contributed by atoms with Crippen LogP contribution >= 0.6 is 11.3 Å². The Kier molecular flexibility index (Phi) is 6.96. The molecule has 0 aliphatic carbocycles. The molecular formula is C22H18N2O7S. The van der Waals surface area contributed by atoms with Crippen LogP contribution in [-0.2, 0) is 9.47 Å². The van der Waals surface area contributed by atoms with Crippen LogP contribution in [0.4, 0.5) is 10.7 Å². The number of nitrogens with one attached hydrogen (secondary N) is 1. The molecule has 0 fully saturated rings. The van der Waals surface area contributed by atoms with Crippen LogP contribution in [0.1, 0.15) is 38.0 Å². The van der Waals surface area contributed by atoms with Gasteiger partial charge in [-0.25, -0.2) is 9.59 Å². The second kappa shape index (κ2) is 9.84. The fourth-order valence-electron chi connectivity index (χ4n) is 2.99. The topological polar surface area (TPSA) is 125 Å². The summed E-state index contributed by atoms with van der Waals surface area (Å²) in [6, 6.07) is 11.9. The molecule has 1 amide bonds. The Morgan fingerprint density at radius 1 is 1.06 bits per heavy atom. The molecule has 0 aliphatic heterocycles. The van der Waals surface area contributed by atoms with E-state index in [0.717, 1.165) is 11.3 Å². The van der Waals surface area contributed by atoms with Gasteiger partial charge in [0.15, 0.2) is 0 Å². The van der Waals surface area contributed by atoms with E-state index in [0.29, 0.717) is 11.1 Å². The van der Waals surface area contributed by atoms with Crippen LogP contribution in [0, 0.1) is 10.1 Å². The van der Waals surface area contributed by atoms with Gasteiger partial charge in [0.1, 0.15) is 10.6 Å². The van der Waals surface area contributed by atoms with Gasteiger partial charge in [-0.05, 0) is 24.6 Å². The highest BCUT2D eigenvalue weighted by Gasteiger charge is 2.25. The molecule has 0 radical (unpaired) electrons. The predicted molar refractivity (Wildman–Crippen MR) is 118 cm³/mol. The Morgan fingerprint density at radius 2 is 1.78 bits per heavy atom. The molecule has 164 valence electrons. The van der Waals surface area contributed by atoms with Crippen molar-refractivity contribution in [1.29, 1.82) is 0 Å². The Bertz CT molecular complexity index is 1200. The normalized spacial score (nSPS) is 10.3. The maximum Gasteiger partial charge on any atom is 0.341 e. The van der Waals surface area contributed by atoms with Crippen molar-refractivity contribution in [3.8, 4) is 11.1 Å². The summed E-state index contributed by atoms with van der Waals surface area (Å²) in [7, 11) is 1.21. The van der Waals surface area contributed by atoms with Crippen LogP contribution in [0.25, 0.3) is 11.1 Å². The number of thiophene rings is 1. The summed E-state index contributed by atoms with van der Waals surface area (Å²) >= 11 is 1.06. The molecular weight excluding hydrogens is 436 g/mol. The van der Waals surface area contributed by atoms with E-state index >= 15 is 0 Å². The first-order valence-electron chi connectivity index (χ1n) is 9.39. The van der Waals surface area contributed by atoms with Gasteiger partial charge < -0.3 is 14.8 Å². The minimum Gasteiger partial charge on any atom is -0.465 e. The summed E-state index contributed by atoms with van der Waals surface area (Å²) in [6.07, 6.45) is 0. The van der Waals surface area contributed by atoms with Crippen molar-refractivity contribution in [1.82, 2.24) is 0 Å². The van der Waals surface area contributed by atoms with Gasteiger partial charge in [-0.1, -0.05) is 24.3 Å². The number of amides is 1. The molecule has 0 saturated carbocycles. The smallest absolute Gasteiger partial charge is 0.341 e. The van der Waals surface area contributed by atoms with Crippen molar-refractivity contribution < 1.29 is 28.8 Å². The van der Waals surface area contributed by atoms with Gasteiger partial charge in [0, 0.05) is 23.1 Å².